The van der Waals surface area contributed by atoms with E-state index in [1.165, 1.54) is 32.1 Å². The third-order valence-corrected chi connectivity index (χ3v) is 15.5. The van der Waals surface area contributed by atoms with E-state index >= 15 is 0 Å². The number of nitrogens with zero attached hydrogens (tertiary/aromatic N) is 7. The first-order valence-corrected chi connectivity index (χ1v) is 25.3. The molecule has 2 saturated carbocycles. The Morgan fingerprint density at radius 1 is 0.611 bits per heavy atom. The maximum atomic E-state index is 13.8. The van der Waals surface area contributed by atoms with E-state index in [0.29, 0.717) is 108 Å². The second-order valence-electron chi connectivity index (χ2n) is 20.1. The van der Waals surface area contributed by atoms with Crippen LogP contribution in [-0.2, 0) is 22.7 Å². The number of aromatic hydroxyl groups is 2. The molecule has 4 aliphatic rings. The number of anilines is 2. The third kappa shape index (κ3) is 10.9. The Bertz CT molecular complexity index is 2850. The van der Waals surface area contributed by atoms with Gasteiger partial charge in [0, 0.05) is 58.4 Å². The zero-order chi connectivity index (χ0) is 50.4. The summed E-state index contributed by atoms with van der Waals surface area (Å²) >= 11 is 0. The summed E-state index contributed by atoms with van der Waals surface area (Å²) in [5, 5.41) is 25.6. The molecule has 3 N–H and O–H groups in total. The molecule has 0 spiro atoms. The quantitative estimate of drug-likeness (QED) is 0.0836. The molecule has 10 rings (SSSR count). The molecule has 2 aliphatic carbocycles. The van der Waals surface area contributed by atoms with Crippen molar-refractivity contribution in [2.45, 2.75) is 83.7 Å². The van der Waals surface area contributed by atoms with Gasteiger partial charge in [-0.05, 0) is 73.6 Å². The Morgan fingerprint density at radius 3 is 1.49 bits per heavy atom. The lowest BCUT2D eigenvalue weighted by Crippen LogP contribution is -2.50. The minimum atomic E-state index is -0.383. The Morgan fingerprint density at radius 2 is 1.04 bits per heavy atom. The van der Waals surface area contributed by atoms with Crippen molar-refractivity contribution in [3.63, 3.8) is 0 Å². The smallest absolute Gasteiger partial charge is 0.229 e. The number of hydrogen-bond donors (Lipinski definition) is 3. The molecule has 2 aromatic heterocycles. The molecule has 0 bridgehead atoms. The first-order valence-electron chi connectivity index (χ1n) is 25.3. The molecule has 4 aromatic carbocycles. The van der Waals surface area contributed by atoms with E-state index < -0.39 is 0 Å². The fourth-order valence-corrected chi connectivity index (χ4v) is 10.9. The highest BCUT2D eigenvalue weighted by atomic mass is 16.5. The summed E-state index contributed by atoms with van der Waals surface area (Å²) in [6.07, 6.45) is 11.0. The molecule has 0 unspecified atom stereocenters. The summed E-state index contributed by atoms with van der Waals surface area (Å²) in [5.74, 6) is 4.52. The summed E-state index contributed by atoms with van der Waals surface area (Å²) in [4.78, 5) is 51.6. The van der Waals surface area contributed by atoms with Gasteiger partial charge in [0.2, 0.25) is 35.5 Å². The molecule has 16 heteroatoms. The summed E-state index contributed by atoms with van der Waals surface area (Å²) in [6.45, 7) is 3.80. The molecular weight excluding hydrogens is 913 g/mol. The van der Waals surface area contributed by atoms with Gasteiger partial charge in [-0.25, -0.2) is 9.97 Å². The van der Waals surface area contributed by atoms with E-state index in [0.717, 1.165) is 49.7 Å². The number of aromatic nitrogens is 4. The highest BCUT2D eigenvalue weighted by Crippen LogP contribution is 2.48. The van der Waals surface area contributed by atoms with E-state index in [1.54, 1.807) is 52.7 Å². The van der Waals surface area contributed by atoms with Crippen molar-refractivity contribution in [1.29, 1.82) is 0 Å². The molecule has 4 fully saturated rings. The van der Waals surface area contributed by atoms with Gasteiger partial charge in [0.25, 0.3) is 0 Å². The highest BCUT2D eigenvalue weighted by molar-refractivity contribution is 5.89. The lowest BCUT2D eigenvalue weighted by atomic mass is 9.67. The number of piperidine rings is 2. The van der Waals surface area contributed by atoms with Crippen LogP contribution in [0, 0.1) is 22.7 Å². The number of methoxy groups -OCH3 is 4. The molecule has 72 heavy (non-hydrogen) atoms. The van der Waals surface area contributed by atoms with Gasteiger partial charge in [-0.3, -0.25) is 9.59 Å². The number of carbonyl (C=O) groups is 2. The lowest BCUT2D eigenvalue weighted by molar-refractivity contribution is -0.143. The zero-order valence-corrected chi connectivity index (χ0v) is 42.2. The zero-order valence-electron chi connectivity index (χ0n) is 42.2. The summed E-state index contributed by atoms with van der Waals surface area (Å²) in [5.41, 5.74) is 2.67. The highest BCUT2D eigenvalue weighted by Gasteiger charge is 2.47. The minimum Gasteiger partial charge on any atom is -0.493 e. The second-order valence-corrected chi connectivity index (χ2v) is 20.1. The van der Waals surface area contributed by atoms with Crippen molar-refractivity contribution in [2.75, 3.05) is 71.5 Å². The molecule has 4 heterocycles. The maximum absolute atomic E-state index is 13.8. The van der Waals surface area contributed by atoms with Crippen LogP contribution in [0.5, 0.6) is 34.8 Å². The second kappa shape index (κ2) is 21.7. The fourth-order valence-electron chi connectivity index (χ4n) is 10.9. The van der Waals surface area contributed by atoms with Crippen LogP contribution in [-0.4, -0.2) is 109 Å². The number of nitrogens with one attached hydrogen (secondary N) is 1. The average molecular weight is 981 g/mol. The van der Waals surface area contributed by atoms with Gasteiger partial charge in [0.15, 0.2) is 23.0 Å². The molecule has 2 amide bonds. The van der Waals surface area contributed by atoms with Crippen molar-refractivity contribution < 1.29 is 38.7 Å². The van der Waals surface area contributed by atoms with Crippen LogP contribution in [0.2, 0.25) is 0 Å². The van der Waals surface area contributed by atoms with Crippen molar-refractivity contribution in [3.05, 3.63) is 96.1 Å². The third-order valence-electron chi connectivity index (χ3n) is 15.5. The minimum absolute atomic E-state index is 0.0931. The van der Waals surface area contributed by atoms with Crippen LogP contribution < -0.4 is 34.1 Å². The van der Waals surface area contributed by atoms with E-state index in [2.05, 4.69) is 37.2 Å². The predicted octanol–water partition coefficient (Wildman–Crippen LogP) is 8.84. The van der Waals surface area contributed by atoms with Crippen LogP contribution in [0.3, 0.4) is 0 Å². The fraction of sp³-hybridized carbons (Fsp3) is 0.464. The first-order chi connectivity index (χ1) is 34.9. The monoisotopic (exact) mass is 981 g/mol. The molecule has 6 aromatic rings. The predicted molar refractivity (Wildman–Crippen MR) is 277 cm³/mol. The van der Waals surface area contributed by atoms with Gasteiger partial charge in [-0.2, -0.15) is 9.97 Å². The van der Waals surface area contributed by atoms with Crippen molar-refractivity contribution in [3.8, 4) is 34.8 Å². The number of amides is 2. The Labute approximate surface area is 421 Å². The van der Waals surface area contributed by atoms with Crippen LogP contribution in [0.15, 0.2) is 84.9 Å². The Balaban J connectivity index is 0.000000178. The number of ether oxygens (including phenoxy) is 4. The topological polar surface area (TPSA) is 185 Å². The normalized spacial score (nSPS) is 17.3. The number of rotatable bonds is 16. The summed E-state index contributed by atoms with van der Waals surface area (Å²) in [6, 6.07) is 27.1. The molecule has 2 aliphatic heterocycles. The van der Waals surface area contributed by atoms with Crippen LogP contribution in [0.25, 0.3) is 21.8 Å². The van der Waals surface area contributed by atoms with Gasteiger partial charge in [-0.15, -0.1) is 0 Å². The standard InChI is InChI=1S/2C28H34N4O4/c1-31(18-20-7-5-4-6-8-20)26(34)28(17-19-9-10-19)11-13-32(14-12-28)27-29-22-16-24(36-3)23(35-2)15-21(22)25(33)30-27;1-35-23-15-21-22(16-24(23)36-2)30-27(31-25(21)33)32-13-11-28(12-14-32,17-19-9-6-10-19)26(34)29-18-20-7-4-3-5-8-20/h4-8,15-16,19H,9-14,17-18H2,1-3H3,(H,29,30,33);3-5,7-8,15-16,19H,6,9-14,17-18H2,1-2H3,(H,29,34)(H,30,31,33). The number of carbonyl (C=O) groups excluding carboxylic acids is 2. The number of hydrogen-bond acceptors (Lipinski definition) is 14. The van der Waals surface area contributed by atoms with E-state index in [9.17, 15) is 19.8 Å². The molecule has 0 radical (unpaired) electrons. The summed E-state index contributed by atoms with van der Waals surface area (Å²) < 4.78 is 21.5. The van der Waals surface area contributed by atoms with Crippen LogP contribution in [0.4, 0.5) is 11.9 Å². The van der Waals surface area contributed by atoms with Crippen molar-refractivity contribution in [1.82, 2.24) is 30.2 Å². The largest absolute Gasteiger partial charge is 0.493 e. The maximum Gasteiger partial charge on any atom is 0.229 e. The molecule has 0 atom stereocenters. The molecule has 380 valence electrons. The molecular formula is C56H68N8O8. The molecule has 16 nitrogen and oxygen atoms in total. The SMILES string of the molecule is COc1cc2nc(N3CCC(CC4CC4)(C(=O)N(C)Cc4ccccc4)CC3)nc(O)c2cc1OC.COc1cc2nc(N3CCC(CC4CCC4)(C(=O)NCc4ccccc4)CC3)nc(O)c2cc1OC. The van der Waals surface area contributed by atoms with Gasteiger partial charge < -0.3 is 49.2 Å². The number of fused-ring (bicyclic) bond motifs is 2. The Hall–Kier alpha value is -7.10. The first kappa shape index (κ1) is 49.9. The average Bonchev–Trinajstić information content (AvgIpc) is 4.22. The van der Waals surface area contributed by atoms with E-state index in [4.69, 9.17) is 28.9 Å². The Kier molecular flexibility index (Phi) is 15.0. The molecule has 2 saturated heterocycles. The van der Waals surface area contributed by atoms with Gasteiger partial charge >= 0.3 is 0 Å². The van der Waals surface area contributed by atoms with Gasteiger partial charge in [-0.1, -0.05) is 92.8 Å². The van der Waals surface area contributed by atoms with Crippen molar-refractivity contribution in [2.24, 2.45) is 22.7 Å². The summed E-state index contributed by atoms with van der Waals surface area (Å²) in [7, 11) is 8.16. The van der Waals surface area contributed by atoms with E-state index in [1.807, 2.05) is 60.5 Å². The van der Waals surface area contributed by atoms with E-state index in [-0.39, 0.29) is 34.4 Å². The van der Waals surface area contributed by atoms with Crippen LogP contribution in [0.1, 0.15) is 81.8 Å². The lowest BCUT2D eigenvalue weighted by Gasteiger charge is -2.44. The van der Waals surface area contributed by atoms with Gasteiger partial charge in [0.05, 0.1) is 61.1 Å². The van der Waals surface area contributed by atoms with Gasteiger partial charge in [0.1, 0.15) is 0 Å². The van der Waals surface area contributed by atoms with Crippen LogP contribution >= 0.6 is 0 Å². The van der Waals surface area contributed by atoms with Crippen molar-refractivity contribution >= 4 is 45.5 Å². The number of benzene rings is 4.